The van der Waals surface area contributed by atoms with Crippen molar-refractivity contribution in [2.24, 2.45) is 0 Å². The lowest BCUT2D eigenvalue weighted by molar-refractivity contribution is -0.160. The molecule has 0 fully saturated rings. The molecule has 10 heteroatoms. The van der Waals surface area contributed by atoms with Crippen LogP contribution in [-0.4, -0.2) is 87.6 Å². The fraction of sp³-hybridized carbons (Fsp3) is 0.550. The van der Waals surface area contributed by atoms with Crippen molar-refractivity contribution < 1.29 is 47.9 Å². The largest absolute Gasteiger partial charge is 0.460 e. The smallest absolute Gasteiger partial charge is 0.330 e. The summed E-state index contributed by atoms with van der Waals surface area (Å²) in [6.07, 6.45) is 0.475. The summed E-state index contributed by atoms with van der Waals surface area (Å²) in [7, 11) is 0. The van der Waals surface area contributed by atoms with Crippen molar-refractivity contribution in [1.29, 1.82) is 0 Å². The minimum atomic E-state index is -1.03. The van der Waals surface area contributed by atoms with Gasteiger partial charge in [-0.3, -0.25) is 0 Å². The molecule has 0 aromatic carbocycles. The highest BCUT2D eigenvalue weighted by molar-refractivity contribution is 5.82. The maximum absolute atomic E-state index is 11.5. The molecule has 1 N–H and O–H groups in total. The molecule has 0 bridgehead atoms. The van der Waals surface area contributed by atoms with E-state index in [1.807, 2.05) is 0 Å². The van der Waals surface area contributed by atoms with Gasteiger partial charge in [0.2, 0.25) is 0 Å². The molecule has 0 saturated heterocycles. The van der Waals surface area contributed by atoms with Crippen LogP contribution in [0, 0.1) is 0 Å². The van der Waals surface area contributed by atoms with E-state index in [-0.39, 0.29) is 39.6 Å². The molecule has 170 valence electrons. The summed E-state index contributed by atoms with van der Waals surface area (Å²) >= 11 is 0. The summed E-state index contributed by atoms with van der Waals surface area (Å²) in [6, 6.07) is 0. The monoisotopic (exact) mass is 430 g/mol. The van der Waals surface area contributed by atoms with Gasteiger partial charge in [0.25, 0.3) is 0 Å². The predicted molar refractivity (Wildman–Crippen MR) is 105 cm³/mol. The second kappa shape index (κ2) is 17.3. The number of hydrogen-bond donors (Lipinski definition) is 1. The van der Waals surface area contributed by atoms with Gasteiger partial charge in [-0.2, -0.15) is 0 Å². The number of aliphatic hydroxyl groups is 1. The Morgan fingerprint density at radius 3 is 1.90 bits per heavy atom. The SMILES string of the molecule is C=CC(=O)OCC(O)COCC(COCC)OCC(COC(=O)C=C)OC(=O)C=C. The molecule has 0 aliphatic rings. The molecule has 0 heterocycles. The fourth-order valence-corrected chi connectivity index (χ4v) is 1.82. The van der Waals surface area contributed by atoms with Crippen molar-refractivity contribution in [3.63, 3.8) is 0 Å². The number of rotatable bonds is 18. The summed E-state index contributed by atoms with van der Waals surface area (Å²) in [5.74, 6) is -2.02. The van der Waals surface area contributed by atoms with E-state index < -0.39 is 36.2 Å². The Kier molecular flexibility index (Phi) is 15.9. The number of ether oxygens (including phenoxy) is 6. The van der Waals surface area contributed by atoms with Crippen LogP contribution < -0.4 is 0 Å². The zero-order valence-corrected chi connectivity index (χ0v) is 17.2. The lowest BCUT2D eigenvalue weighted by atomic mass is 10.3. The lowest BCUT2D eigenvalue weighted by Gasteiger charge is -2.22. The third kappa shape index (κ3) is 14.5. The van der Waals surface area contributed by atoms with Crippen molar-refractivity contribution in [2.45, 2.75) is 25.2 Å². The van der Waals surface area contributed by atoms with Crippen LogP contribution in [0.1, 0.15) is 6.92 Å². The third-order valence-corrected chi connectivity index (χ3v) is 3.25. The minimum absolute atomic E-state index is 0.0427. The second-order valence-corrected chi connectivity index (χ2v) is 5.74. The average molecular weight is 430 g/mol. The summed E-state index contributed by atoms with van der Waals surface area (Å²) in [5, 5.41) is 9.74. The highest BCUT2D eigenvalue weighted by Gasteiger charge is 2.19. The molecule has 0 radical (unpaired) electrons. The van der Waals surface area contributed by atoms with Gasteiger partial charge < -0.3 is 33.5 Å². The van der Waals surface area contributed by atoms with E-state index in [0.717, 1.165) is 18.2 Å². The van der Waals surface area contributed by atoms with Crippen LogP contribution in [0.3, 0.4) is 0 Å². The van der Waals surface area contributed by atoms with Crippen LogP contribution in [0.4, 0.5) is 0 Å². The summed E-state index contributed by atoms with van der Waals surface area (Å²) in [5.41, 5.74) is 0. The third-order valence-electron chi connectivity index (χ3n) is 3.25. The fourth-order valence-electron chi connectivity index (χ4n) is 1.82. The lowest BCUT2D eigenvalue weighted by Crippen LogP contribution is -2.35. The van der Waals surface area contributed by atoms with Gasteiger partial charge in [-0.1, -0.05) is 19.7 Å². The van der Waals surface area contributed by atoms with E-state index in [9.17, 15) is 19.5 Å². The van der Waals surface area contributed by atoms with Gasteiger partial charge >= 0.3 is 17.9 Å². The molecular weight excluding hydrogens is 400 g/mol. The number of aliphatic hydroxyl groups excluding tert-OH is 1. The van der Waals surface area contributed by atoms with Crippen LogP contribution in [0.25, 0.3) is 0 Å². The molecule has 0 aromatic heterocycles. The topological polar surface area (TPSA) is 127 Å². The second-order valence-electron chi connectivity index (χ2n) is 5.74. The van der Waals surface area contributed by atoms with Crippen molar-refractivity contribution in [3.8, 4) is 0 Å². The van der Waals surface area contributed by atoms with Gasteiger partial charge in [0.15, 0.2) is 6.10 Å². The van der Waals surface area contributed by atoms with Crippen LogP contribution in [0.5, 0.6) is 0 Å². The maximum atomic E-state index is 11.5. The molecule has 0 spiro atoms. The number of carbonyl (C=O) groups excluding carboxylic acids is 3. The Labute approximate surface area is 176 Å². The van der Waals surface area contributed by atoms with E-state index in [2.05, 4.69) is 19.7 Å². The molecule has 0 aliphatic carbocycles. The number of carbonyl (C=O) groups is 3. The van der Waals surface area contributed by atoms with Gasteiger partial charge in [0.05, 0.1) is 26.4 Å². The van der Waals surface area contributed by atoms with E-state index >= 15 is 0 Å². The zero-order chi connectivity index (χ0) is 22.8. The highest BCUT2D eigenvalue weighted by atomic mass is 16.6. The first-order chi connectivity index (χ1) is 14.4. The number of hydrogen-bond acceptors (Lipinski definition) is 10. The molecule has 0 amide bonds. The molecule has 3 unspecified atom stereocenters. The molecule has 30 heavy (non-hydrogen) atoms. The van der Waals surface area contributed by atoms with Gasteiger partial charge in [0, 0.05) is 24.8 Å². The van der Waals surface area contributed by atoms with Crippen molar-refractivity contribution in [1.82, 2.24) is 0 Å². The molecule has 3 atom stereocenters. The summed E-state index contributed by atoms with van der Waals surface area (Å²) in [4.78, 5) is 33.7. The number of esters is 3. The Morgan fingerprint density at radius 1 is 0.767 bits per heavy atom. The van der Waals surface area contributed by atoms with Crippen molar-refractivity contribution in [2.75, 3.05) is 46.2 Å². The molecule has 0 aromatic rings. The Morgan fingerprint density at radius 2 is 1.33 bits per heavy atom. The van der Waals surface area contributed by atoms with Gasteiger partial charge in [-0.05, 0) is 6.92 Å². The normalized spacial score (nSPS) is 13.4. The highest BCUT2D eigenvalue weighted by Crippen LogP contribution is 2.03. The van der Waals surface area contributed by atoms with Crippen LogP contribution in [0.15, 0.2) is 38.0 Å². The first-order valence-electron chi connectivity index (χ1n) is 9.22. The molecule has 10 nitrogen and oxygen atoms in total. The first-order valence-corrected chi connectivity index (χ1v) is 9.22. The molecule has 0 saturated carbocycles. The Bertz CT molecular complexity index is 560. The van der Waals surface area contributed by atoms with Crippen LogP contribution >= 0.6 is 0 Å². The van der Waals surface area contributed by atoms with Gasteiger partial charge in [-0.25, -0.2) is 14.4 Å². The Balaban J connectivity index is 4.58. The quantitative estimate of drug-likeness (QED) is 0.185. The van der Waals surface area contributed by atoms with E-state index in [4.69, 9.17) is 28.4 Å². The standard InChI is InChI=1S/C20H30O10/c1-5-18(22)28-10-15(21)9-26-12-16(11-25-8-4)27-13-17(30-20(24)7-3)14-29-19(23)6-2/h5-7,15-17,21H,1-3,8-14H2,4H3. The Hall–Kier alpha value is -2.53. The minimum Gasteiger partial charge on any atom is -0.460 e. The van der Waals surface area contributed by atoms with Gasteiger partial charge in [0.1, 0.15) is 25.4 Å². The van der Waals surface area contributed by atoms with Crippen molar-refractivity contribution in [3.05, 3.63) is 38.0 Å². The van der Waals surface area contributed by atoms with Crippen molar-refractivity contribution >= 4 is 17.9 Å². The summed E-state index contributed by atoms with van der Waals surface area (Å²) in [6.45, 7) is 11.6. The van der Waals surface area contributed by atoms with E-state index in [0.29, 0.717) is 6.61 Å². The zero-order valence-electron chi connectivity index (χ0n) is 17.2. The van der Waals surface area contributed by atoms with Crippen LogP contribution in [0.2, 0.25) is 0 Å². The molecule has 0 rings (SSSR count). The van der Waals surface area contributed by atoms with E-state index in [1.165, 1.54) is 0 Å². The summed E-state index contributed by atoms with van der Waals surface area (Å²) < 4.78 is 31.0. The first kappa shape index (κ1) is 27.5. The molecular formula is C20H30O10. The van der Waals surface area contributed by atoms with E-state index in [1.54, 1.807) is 6.92 Å². The average Bonchev–Trinajstić information content (AvgIpc) is 2.76. The van der Waals surface area contributed by atoms with Gasteiger partial charge in [-0.15, -0.1) is 0 Å². The maximum Gasteiger partial charge on any atom is 0.330 e. The predicted octanol–water partition coefficient (Wildman–Crippen LogP) is 0.342. The van der Waals surface area contributed by atoms with Crippen LogP contribution in [-0.2, 0) is 42.8 Å². The molecule has 0 aliphatic heterocycles.